The van der Waals surface area contributed by atoms with Gasteiger partial charge in [0.2, 0.25) is 5.12 Å². The summed E-state index contributed by atoms with van der Waals surface area (Å²) in [6.07, 6.45) is 5.53. The van der Waals surface area contributed by atoms with Crippen LogP contribution in [-0.4, -0.2) is 9.44 Å². The van der Waals surface area contributed by atoms with Crippen molar-refractivity contribution in [3.8, 4) is 0 Å². The second-order valence-electron chi connectivity index (χ2n) is 4.23. The first kappa shape index (κ1) is 12.2. The number of halogens is 1. The van der Waals surface area contributed by atoms with Crippen LogP contribution in [0.15, 0.2) is 35.2 Å². The minimum atomic E-state index is -0.272. The minimum Gasteiger partial charge on any atom is -0.285 e. The van der Waals surface area contributed by atoms with Gasteiger partial charge in [-0.2, -0.15) is 0 Å². The SMILES string of the molecule is O=C(Sc1ccccc1)C1(Br)CCCCC1. The van der Waals surface area contributed by atoms with Crippen molar-refractivity contribution in [3.63, 3.8) is 0 Å². The molecule has 0 atom stereocenters. The standard InChI is InChI=1S/C13H15BrOS/c14-13(9-5-2-6-10-13)12(15)16-11-7-3-1-4-8-11/h1,3-4,7-8H,2,5-6,9-10H2. The summed E-state index contributed by atoms with van der Waals surface area (Å²) in [5, 5.41) is 0.262. The van der Waals surface area contributed by atoms with Gasteiger partial charge in [-0.3, -0.25) is 4.79 Å². The molecule has 2 rings (SSSR count). The fourth-order valence-corrected chi connectivity index (χ4v) is 3.70. The maximum Gasteiger partial charge on any atom is 0.210 e. The molecule has 0 unspecified atom stereocenters. The Kier molecular flexibility index (Phi) is 4.09. The Bertz CT molecular complexity index is 357. The van der Waals surface area contributed by atoms with Gasteiger partial charge in [0.25, 0.3) is 0 Å². The van der Waals surface area contributed by atoms with Crippen LogP contribution in [0.25, 0.3) is 0 Å². The van der Waals surface area contributed by atoms with E-state index in [2.05, 4.69) is 15.9 Å². The number of hydrogen-bond acceptors (Lipinski definition) is 2. The molecule has 0 aliphatic heterocycles. The van der Waals surface area contributed by atoms with E-state index >= 15 is 0 Å². The predicted octanol–water partition coefficient (Wildman–Crippen LogP) is 4.40. The Morgan fingerprint density at radius 1 is 1.12 bits per heavy atom. The molecule has 1 aliphatic carbocycles. The van der Waals surface area contributed by atoms with Crippen LogP contribution in [0.2, 0.25) is 0 Å². The van der Waals surface area contributed by atoms with Crippen LogP contribution in [0.4, 0.5) is 0 Å². The Labute approximate surface area is 109 Å². The molecule has 1 aliphatic rings. The van der Waals surface area contributed by atoms with E-state index < -0.39 is 0 Å². The lowest BCUT2D eigenvalue weighted by Crippen LogP contribution is -2.32. The van der Waals surface area contributed by atoms with Crippen molar-refractivity contribution in [2.24, 2.45) is 0 Å². The first-order valence-electron chi connectivity index (χ1n) is 5.67. The van der Waals surface area contributed by atoms with Crippen molar-refractivity contribution in [2.75, 3.05) is 0 Å². The van der Waals surface area contributed by atoms with E-state index in [0.29, 0.717) is 0 Å². The lowest BCUT2D eigenvalue weighted by molar-refractivity contribution is -0.113. The first-order valence-corrected chi connectivity index (χ1v) is 7.28. The Morgan fingerprint density at radius 2 is 1.75 bits per heavy atom. The van der Waals surface area contributed by atoms with Gasteiger partial charge < -0.3 is 0 Å². The van der Waals surface area contributed by atoms with Crippen molar-refractivity contribution in [3.05, 3.63) is 30.3 Å². The third kappa shape index (κ3) is 2.89. The lowest BCUT2D eigenvalue weighted by atomic mass is 9.90. The number of carbonyl (C=O) groups excluding carboxylic acids is 1. The first-order chi connectivity index (χ1) is 7.71. The van der Waals surface area contributed by atoms with Crippen molar-refractivity contribution < 1.29 is 4.79 Å². The van der Waals surface area contributed by atoms with Gasteiger partial charge in [-0.15, -0.1) is 0 Å². The monoisotopic (exact) mass is 298 g/mol. The zero-order valence-corrected chi connectivity index (χ0v) is 11.5. The highest BCUT2D eigenvalue weighted by atomic mass is 79.9. The number of alkyl halides is 1. The van der Waals surface area contributed by atoms with Crippen molar-refractivity contribution in [2.45, 2.75) is 41.3 Å². The normalized spacial score (nSPS) is 19.3. The molecule has 86 valence electrons. The summed E-state index contributed by atoms with van der Waals surface area (Å²) in [6.45, 7) is 0. The highest BCUT2D eigenvalue weighted by Gasteiger charge is 2.36. The molecule has 1 saturated carbocycles. The maximum atomic E-state index is 12.2. The quantitative estimate of drug-likeness (QED) is 0.594. The fraction of sp³-hybridized carbons (Fsp3) is 0.462. The summed E-state index contributed by atoms with van der Waals surface area (Å²) in [5.41, 5.74) is 0. The minimum absolute atomic E-state index is 0.262. The molecule has 0 saturated heterocycles. The number of hydrogen-bond donors (Lipinski definition) is 0. The molecule has 0 spiro atoms. The van der Waals surface area contributed by atoms with Gasteiger partial charge in [-0.05, 0) is 25.0 Å². The topological polar surface area (TPSA) is 17.1 Å². The molecular formula is C13H15BrOS. The van der Waals surface area contributed by atoms with E-state index in [1.165, 1.54) is 18.2 Å². The summed E-state index contributed by atoms with van der Waals surface area (Å²) in [4.78, 5) is 13.2. The van der Waals surface area contributed by atoms with E-state index in [-0.39, 0.29) is 9.44 Å². The largest absolute Gasteiger partial charge is 0.285 e. The van der Waals surface area contributed by atoms with Crippen LogP contribution in [0.3, 0.4) is 0 Å². The van der Waals surface area contributed by atoms with Gasteiger partial charge in [0.15, 0.2) is 0 Å². The number of rotatable bonds is 2. The fourth-order valence-electron chi connectivity index (χ4n) is 2.00. The highest BCUT2D eigenvalue weighted by molar-refractivity contribution is 9.10. The van der Waals surface area contributed by atoms with Gasteiger partial charge in [0.1, 0.15) is 0 Å². The van der Waals surface area contributed by atoms with E-state index in [1.54, 1.807) is 0 Å². The summed E-state index contributed by atoms with van der Waals surface area (Å²) in [7, 11) is 0. The van der Waals surface area contributed by atoms with Crippen LogP contribution in [0, 0.1) is 0 Å². The molecule has 0 amide bonds. The Morgan fingerprint density at radius 3 is 2.38 bits per heavy atom. The zero-order valence-electron chi connectivity index (χ0n) is 9.12. The maximum absolute atomic E-state index is 12.2. The molecule has 1 aromatic carbocycles. The van der Waals surface area contributed by atoms with Gasteiger partial charge in [-0.25, -0.2) is 0 Å². The third-order valence-electron chi connectivity index (χ3n) is 2.97. The second kappa shape index (κ2) is 5.37. The van der Waals surface area contributed by atoms with E-state index in [4.69, 9.17) is 0 Å². The van der Waals surface area contributed by atoms with E-state index in [1.807, 2.05) is 30.3 Å². The van der Waals surface area contributed by atoms with Crippen molar-refractivity contribution in [1.82, 2.24) is 0 Å². The average Bonchev–Trinajstić information content (AvgIpc) is 2.31. The molecule has 3 heteroatoms. The van der Waals surface area contributed by atoms with Gasteiger partial charge in [-0.1, -0.05) is 65.2 Å². The van der Waals surface area contributed by atoms with E-state index in [0.717, 1.165) is 30.6 Å². The van der Waals surface area contributed by atoms with Gasteiger partial charge in [0, 0.05) is 4.90 Å². The predicted molar refractivity (Wildman–Crippen MR) is 72.0 cm³/mol. The zero-order chi connectivity index (χ0) is 11.4. The van der Waals surface area contributed by atoms with Gasteiger partial charge >= 0.3 is 0 Å². The summed E-state index contributed by atoms with van der Waals surface area (Å²) < 4.78 is -0.272. The lowest BCUT2D eigenvalue weighted by Gasteiger charge is -2.29. The summed E-state index contributed by atoms with van der Waals surface area (Å²) in [5.74, 6) is 0. The number of carbonyl (C=O) groups is 1. The molecule has 1 fully saturated rings. The van der Waals surface area contributed by atoms with Gasteiger partial charge in [0.05, 0.1) is 4.32 Å². The number of benzene rings is 1. The molecule has 1 nitrogen and oxygen atoms in total. The molecule has 16 heavy (non-hydrogen) atoms. The molecule has 0 bridgehead atoms. The second-order valence-corrected chi connectivity index (χ2v) is 6.79. The molecule has 0 N–H and O–H groups in total. The smallest absolute Gasteiger partial charge is 0.210 e. The van der Waals surface area contributed by atoms with Crippen molar-refractivity contribution in [1.29, 1.82) is 0 Å². The molecular weight excluding hydrogens is 284 g/mol. The van der Waals surface area contributed by atoms with Crippen molar-refractivity contribution >= 4 is 32.8 Å². The van der Waals surface area contributed by atoms with E-state index in [9.17, 15) is 4.79 Å². The van der Waals surface area contributed by atoms with Crippen LogP contribution < -0.4 is 0 Å². The summed E-state index contributed by atoms with van der Waals surface area (Å²) >= 11 is 5.01. The Hall–Kier alpha value is -0.280. The molecule has 0 heterocycles. The van der Waals surface area contributed by atoms with Crippen LogP contribution >= 0.6 is 27.7 Å². The Balaban J connectivity index is 2.02. The number of thioether (sulfide) groups is 1. The average molecular weight is 299 g/mol. The third-order valence-corrected chi connectivity index (χ3v) is 5.47. The molecule has 1 aromatic rings. The van der Waals surface area contributed by atoms with Crippen LogP contribution in [0.1, 0.15) is 32.1 Å². The highest BCUT2D eigenvalue weighted by Crippen LogP contribution is 2.41. The summed E-state index contributed by atoms with van der Waals surface area (Å²) in [6, 6.07) is 9.89. The van der Waals surface area contributed by atoms with Crippen LogP contribution in [-0.2, 0) is 4.79 Å². The molecule has 0 aromatic heterocycles. The van der Waals surface area contributed by atoms with Crippen LogP contribution in [0.5, 0.6) is 0 Å². The molecule has 0 radical (unpaired) electrons.